The number of hydrogen-bond donors (Lipinski definition) is 3. The van der Waals surface area contributed by atoms with Gasteiger partial charge in [-0.1, -0.05) is 0 Å². The molecule has 3 rings (SSSR count). The molecule has 0 bridgehead atoms. The van der Waals surface area contributed by atoms with Crippen molar-refractivity contribution in [2.24, 2.45) is 0 Å². The second-order valence-corrected chi connectivity index (χ2v) is 6.29. The van der Waals surface area contributed by atoms with Crippen LogP contribution < -0.4 is 5.32 Å². The van der Waals surface area contributed by atoms with Crippen LogP contribution in [0.4, 0.5) is 15.8 Å². The molecule has 0 fully saturated rings. The highest BCUT2D eigenvalue weighted by molar-refractivity contribution is 14.1. The van der Waals surface area contributed by atoms with E-state index in [9.17, 15) is 19.4 Å². The van der Waals surface area contributed by atoms with Crippen LogP contribution in [0.5, 0.6) is 0 Å². The van der Waals surface area contributed by atoms with Gasteiger partial charge in [-0.3, -0.25) is 4.98 Å². The van der Waals surface area contributed by atoms with E-state index in [1.807, 2.05) is 22.6 Å². The fraction of sp³-hybridized carbons (Fsp3) is 0.125. The van der Waals surface area contributed by atoms with Gasteiger partial charge >= 0.3 is 5.97 Å². The van der Waals surface area contributed by atoms with E-state index in [1.54, 1.807) is 18.2 Å². The van der Waals surface area contributed by atoms with Crippen LogP contribution in [0, 0.1) is 9.39 Å². The first-order valence-electron chi connectivity index (χ1n) is 7.05. The van der Waals surface area contributed by atoms with Crippen molar-refractivity contribution in [3.05, 3.63) is 51.7 Å². The lowest BCUT2D eigenvalue weighted by Crippen LogP contribution is -2.12. The van der Waals surface area contributed by atoms with Crippen molar-refractivity contribution in [2.45, 2.75) is 6.54 Å². The first-order chi connectivity index (χ1) is 11.5. The summed E-state index contributed by atoms with van der Waals surface area (Å²) in [4.78, 5) is 15.8. The molecule has 0 aliphatic heterocycles. The fourth-order valence-corrected chi connectivity index (χ4v) is 3.06. The summed E-state index contributed by atoms with van der Waals surface area (Å²) in [6.45, 7) is -0.108. The Balaban J connectivity index is 2.22. The molecule has 124 valence electrons. The van der Waals surface area contributed by atoms with Crippen molar-refractivity contribution in [1.82, 2.24) is 9.55 Å². The number of aromatic nitrogens is 2. The van der Waals surface area contributed by atoms with Crippen LogP contribution in [-0.4, -0.2) is 32.3 Å². The topological polar surface area (TPSA) is 87.4 Å². The number of anilines is 2. The van der Waals surface area contributed by atoms with Crippen molar-refractivity contribution < 1.29 is 19.4 Å². The number of rotatable bonds is 5. The number of carbonyl (C=O) groups is 1. The zero-order chi connectivity index (χ0) is 17.3. The molecule has 2 aromatic heterocycles. The molecule has 8 heteroatoms. The van der Waals surface area contributed by atoms with Gasteiger partial charge in [0.25, 0.3) is 0 Å². The summed E-state index contributed by atoms with van der Waals surface area (Å²) >= 11 is 2.00. The summed E-state index contributed by atoms with van der Waals surface area (Å²) in [7, 11) is 0. The zero-order valence-corrected chi connectivity index (χ0v) is 14.5. The number of aliphatic hydroxyl groups excluding tert-OH is 1. The predicted octanol–water partition coefficient (Wildman–Crippen LogP) is 3.21. The summed E-state index contributed by atoms with van der Waals surface area (Å²) in [5.74, 6) is -1.65. The second kappa shape index (κ2) is 6.73. The van der Waals surface area contributed by atoms with Crippen LogP contribution in [0.3, 0.4) is 0 Å². The van der Waals surface area contributed by atoms with Gasteiger partial charge in [-0.05, 0) is 46.9 Å². The Morgan fingerprint density at radius 1 is 1.38 bits per heavy atom. The molecule has 0 saturated carbocycles. The Kier molecular flexibility index (Phi) is 4.67. The maximum atomic E-state index is 14.1. The van der Waals surface area contributed by atoms with Gasteiger partial charge in [0.1, 0.15) is 5.82 Å². The molecule has 3 aromatic rings. The second-order valence-electron chi connectivity index (χ2n) is 5.05. The largest absolute Gasteiger partial charge is 0.477 e. The van der Waals surface area contributed by atoms with Crippen LogP contribution in [0.2, 0.25) is 0 Å². The number of carboxylic acid groups (broad SMARTS) is 1. The quantitative estimate of drug-likeness (QED) is 0.530. The molecule has 6 nitrogen and oxygen atoms in total. The third-order valence-corrected chi connectivity index (χ3v) is 4.25. The van der Waals surface area contributed by atoms with Crippen molar-refractivity contribution >= 4 is 50.8 Å². The summed E-state index contributed by atoms with van der Waals surface area (Å²) in [5, 5.41) is 22.3. The molecule has 3 N–H and O–H groups in total. The first-order valence-corrected chi connectivity index (χ1v) is 8.13. The molecule has 24 heavy (non-hydrogen) atoms. The minimum absolute atomic E-state index is 0.0509. The van der Waals surface area contributed by atoms with Gasteiger partial charge in [-0.15, -0.1) is 0 Å². The lowest BCUT2D eigenvalue weighted by molar-refractivity contribution is 0.0686. The van der Waals surface area contributed by atoms with E-state index >= 15 is 0 Å². The number of carboxylic acids is 1. The molecule has 0 aliphatic rings. The Labute approximate surface area is 150 Å². The Hall–Kier alpha value is -2.20. The third-order valence-electron chi connectivity index (χ3n) is 3.58. The highest BCUT2D eigenvalue weighted by Gasteiger charge is 2.23. The van der Waals surface area contributed by atoms with Gasteiger partial charge in [0, 0.05) is 27.9 Å². The van der Waals surface area contributed by atoms with Crippen molar-refractivity contribution in [1.29, 1.82) is 0 Å². The van der Waals surface area contributed by atoms with E-state index in [1.165, 1.54) is 23.0 Å². The Bertz CT molecular complexity index is 926. The molecular weight excluding hydrogens is 428 g/mol. The maximum absolute atomic E-state index is 14.1. The molecule has 0 unspecified atom stereocenters. The number of pyridine rings is 1. The molecule has 2 heterocycles. The summed E-state index contributed by atoms with van der Waals surface area (Å²) in [6.07, 6.45) is 3.06. The van der Waals surface area contributed by atoms with Crippen LogP contribution >= 0.6 is 22.6 Å². The summed E-state index contributed by atoms with van der Waals surface area (Å²) in [6, 6.07) is 6.29. The van der Waals surface area contributed by atoms with Crippen molar-refractivity contribution in [2.75, 3.05) is 11.9 Å². The van der Waals surface area contributed by atoms with Crippen LogP contribution in [0.1, 0.15) is 10.5 Å². The summed E-state index contributed by atoms with van der Waals surface area (Å²) in [5.41, 5.74) is 0.971. The summed E-state index contributed by atoms with van der Waals surface area (Å²) < 4.78 is 16.4. The van der Waals surface area contributed by atoms with Crippen LogP contribution in [-0.2, 0) is 6.54 Å². The number of aromatic carboxylic acids is 1. The molecule has 0 atom stereocenters. The predicted molar refractivity (Wildman–Crippen MR) is 96.2 cm³/mol. The Morgan fingerprint density at radius 2 is 2.17 bits per heavy atom. The monoisotopic (exact) mass is 441 g/mol. The van der Waals surface area contributed by atoms with E-state index in [0.29, 0.717) is 10.9 Å². The number of nitrogens with zero attached hydrogens (tertiary/aromatic N) is 2. The van der Waals surface area contributed by atoms with Crippen molar-refractivity contribution in [3.63, 3.8) is 0 Å². The Morgan fingerprint density at radius 3 is 2.83 bits per heavy atom. The van der Waals surface area contributed by atoms with Gasteiger partial charge in [-0.2, -0.15) is 0 Å². The van der Waals surface area contributed by atoms with Crippen LogP contribution in [0.25, 0.3) is 10.9 Å². The molecule has 0 aliphatic carbocycles. The number of nitrogens with one attached hydrogen (secondary N) is 1. The number of halogens is 2. The number of fused-ring (bicyclic) bond motifs is 1. The lowest BCUT2D eigenvalue weighted by atomic mass is 10.2. The molecule has 0 saturated heterocycles. The SMILES string of the molecule is O=C(O)c1c(Nc2ccc(I)cc2F)c2cnccc2n1CCO. The molecule has 0 amide bonds. The molecular formula is C16H13FIN3O3. The van der Waals surface area contributed by atoms with Gasteiger partial charge in [0.15, 0.2) is 5.69 Å². The minimum Gasteiger partial charge on any atom is -0.477 e. The normalized spacial score (nSPS) is 11.0. The van der Waals surface area contributed by atoms with E-state index in [4.69, 9.17) is 0 Å². The molecule has 0 spiro atoms. The first kappa shape index (κ1) is 16.7. The van der Waals surface area contributed by atoms with Gasteiger partial charge in [0.05, 0.1) is 23.5 Å². The van der Waals surface area contributed by atoms with Gasteiger partial charge < -0.3 is 20.1 Å². The highest BCUT2D eigenvalue weighted by Crippen LogP contribution is 2.34. The van der Waals surface area contributed by atoms with E-state index in [0.717, 1.165) is 3.57 Å². The van der Waals surface area contributed by atoms with Gasteiger partial charge in [-0.25, -0.2) is 9.18 Å². The smallest absolute Gasteiger partial charge is 0.354 e. The number of aliphatic hydroxyl groups is 1. The van der Waals surface area contributed by atoms with E-state index in [-0.39, 0.29) is 30.2 Å². The average molecular weight is 441 g/mol. The maximum Gasteiger partial charge on any atom is 0.354 e. The van der Waals surface area contributed by atoms with E-state index in [2.05, 4.69) is 10.3 Å². The standard InChI is InChI=1S/C16H13FIN3O3/c17-11-7-9(18)1-2-12(11)20-14-10-8-19-4-3-13(10)21(5-6-22)15(14)16(23)24/h1-4,7-8,20,22H,5-6H2,(H,23,24). The van der Waals surface area contributed by atoms with E-state index < -0.39 is 11.8 Å². The number of hydrogen-bond acceptors (Lipinski definition) is 4. The fourth-order valence-electron chi connectivity index (χ4n) is 2.60. The number of benzene rings is 1. The third kappa shape index (κ3) is 2.94. The van der Waals surface area contributed by atoms with Crippen molar-refractivity contribution in [3.8, 4) is 0 Å². The minimum atomic E-state index is -1.17. The van der Waals surface area contributed by atoms with Crippen LogP contribution in [0.15, 0.2) is 36.7 Å². The molecule has 0 radical (unpaired) electrons. The zero-order valence-electron chi connectivity index (χ0n) is 12.3. The average Bonchev–Trinajstić information content (AvgIpc) is 2.85. The van der Waals surface area contributed by atoms with Gasteiger partial charge in [0.2, 0.25) is 0 Å². The highest BCUT2D eigenvalue weighted by atomic mass is 127. The molecule has 1 aromatic carbocycles. The lowest BCUT2D eigenvalue weighted by Gasteiger charge is -2.10.